The van der Waals surface area contributed by atoms with E-state index in [0.717, 1.165) is 11.3 Å². The van der Waals surface area contributed by atoms with Gasteiger partial charge in [-0.2, -0.15) is 0 Å². The molecule has 0 unspecified atom stereocenters. The molecular formula is C13H10ClNO. The lowest BCUT2D eigenvalue weighted by Gasteiger charge is -2.05. The molecule has 2 rings (SSSR count). The Morgan fingerprint density at radius 1 is 1.25 bits per heavy atom. The van der Waals surface area contributed by atoms with Crippen LogP contribution in [0.3, 0.4) is 0 Å². The fraction of sp³-hybridized carbons (Fsp3) is 0.0769. The van der Waals surface area contributed by atoms with Gasteiger partial charge < -0.3 is 0 Å². The Balaban J connectivity index is 2.56. The number of hydrogen-bond acceptors (Lipinski definition) is 2. The van der Waals surface area contributed by atoms with Crippen molar-refractivity contribution in [3.63, 3.8) is 0 Å². The van der Waals surface area contributed by atoms with Crippen molar-refractivity contribution in [3.05, 3.63) is 53.2 Å². The first-order valence-electron chi connectivity index (χ1n) is 4.90. The largest absolute Gasteiger partial charge is 0.295 e. The van der Waals surface area contributed by atoms with Gasteiger partial charge >= 0.3 is 0 Å². The number of benzene rings is 1. The molecule has 1 heterocycles. The zero-order valence-electron chi connectivity index (χ0n) is 8.77. The molecule has 1 aromatic carbocycles. The smallest absolute Gasteiger partial charge is 0.159 e. The van der Waals surface area contributed by atoms with Crippen LogP contribution in [-0.4, -0.2) is 10.8 Å². The molecule has 0 atom stereocenters. The molecule has 0 saturated heterocycles. The molecule has 0 radical (unpaired) electrons. The molecule has 0 saturated carbocycles. The third kappa shape index (κ3) is 2.12. The van der Waals surface area contributed by atoms with Crippen LogP contribution in [-0.2, 0) is 0 Å². The maximum absolute atomic E-state index is 11.3. The van der Waals surface area contributed by atoms with E-state index in [1.54, 1.807) is 24.4 Å². The number of carbonyl (C=O) groups excluding carboxylic acids is 1. The molecule has 0 amide bonds. The summed E-state index contributed by atoms with van der Waals surface area (Å²) in [6, 6.07) is 10.8. The number of carbonyl (C=O) groups is 1. The Morgan fingerprint density at radius 3 is 2.69 bits per heavy atom. The van der Waals surface area contributed by atoms with Gasteiger partial charge in [0.2, 0.25) is 0 Å². The summed E-state index contributed by atoms with van der Waals surface area (Å²) < 4.78 is 0. The highest BCUT2D eigenvalue weighted by atomic mass is 35.5. The van der Waals surface area contributed by atoms with E-state index in [4.69, 9.17) is 11.6 Å². The Labute approximate surface area is 98.9 Å². The van der Waals surface area contributed by atoms with Gasteiger partial charge in [-0.25, -0.2) is 0 Å². The SMILES string of the molecule is CC(=O)c1ccc(Cl)c(-c2ccccn2)c1. The predicted molar refractivity (Wildman–Crippen MR) is 64.7 cm³/mol. The van der Waals surface area contributed by atoms with Gasteiger partial charge in [0.15, 0.2) is 5.78 Å². The molecule has 0 bridgehead atoms. The highest BCUT2D eigenvalue weighted by Gasteiger charge is 2.07. The monoisotopic (exact) mass is 231 g/mol. The van der Waals surface area contributed by atoms with Gasteiger partial charge in [0, 0.05) is 17.3 Å². The Bertz CT molecular complexity index is 523. The van der Waals surface area contributed by atoms with Crippen molar-refractivity contribution in [1.82, 2.24) is 4.98 Å². The summed E-state index contributed by atoms with van der Waals surface area (Å²) in [7, 11) is 0. The van der Waals surface area contributed by atoms with E-state index in [-0.39, 0.29) is 5.78 Å². The molecule has 16 heavy (non-hydrogen) atoms. The lowest BCUT2D eigenvalue weighted by atomic mass is 10.1. The number of aromatic nitrogens is 1. The van der Waals surface area contributed by atoms with Crippen molar-refractivity contribution in [2.45, 2.75) is 6.92 Å². The van der Waals surface area contributed by atoms with E-state index in [0.29, 0.717) is 10.6 Å². The van der Waals surface area contributed by atoms with Crippen molar-refractivity contribution >= 4 is 17.4 Å². The van der Waals surface area contributed by atoms with Crippen molar-refractivity contribution in [3.8, 4) is 11.3 Å². The maximum Gasteiger partial charge on any atom is 0.159 e. The molecule has 0 aliphatic rings. The second-order valence-electron chi connectivity index (χ2n) is 3.47. The summed E-state index contributed by atoms with van der Waals surface area (Å²) >= 11 is 6.08. The van der Waals surface area contributed by atoms with E-state index in [2.05, 4.69) is 4.98 Å². The average molecular weight is 232 g/mol. The van der Waals surface area contributed by atoms with Gasteiger partial charge in [0.25, 0.3) is 0 Å². The topological polar surface area (TPSA) is 30.0 Å². The maximum atomic E-state index is 11.3. The Kier molecular flexibility index (Phi) is 3.02. The molecular weight excluding hydrogens is 222 g/mol. The minimum absolute atomic E-state index is 0.0221. The van der Waals surface area contributed by atoms with Crippen LogP contribution >= 0.6 is 11.6 Å². The highest BCUT2D eigenvalue weighted by molar-refractivity contribution is 6.33. The Hall–Kier alpha value is -1.67. The molecule has 3 heteroatoms. The number of hydrogen-bond donors (Lipinski definition) is 0. The van der Waals surface area contributed by atoms with Crippen LogP contribution in [0.5, 0.6) is 0 Å². The number of Topliss-reactive ketones (excluding diaryl/α,β-unsaturated/α-hetero) is 1. The van der Waals surface area contributed by atoms with Gasteiger partial charge in [-0.15, -0.1) is 0 Å². The average Bonchev–Trinajstić information content (AvgIpc) is 2.30. The van der Waals surface area contributed by atoms with Crippen LogP contribution in [0.2, 0.25) is 5.02 Å². The zero-order chi connectivity index (χ0) is 11.5. The lowest BCUT2D eigenvalue weighted by molar-refractivity contribution is 0.101. The molecule has 0 aliphatic heterocycles. The second-order valence-corrected chi connectivity index (χ2v) is 3.87. The summed E-state index contributed by atoms with van der Waals surface area (Å²) in [5.41, 5.74) is 2.20. The van der Waals surface area contributed by atoms with E-state index in [1.165, 1.54) is 6.92 Å². The molecule has 0 aliphatic carbocycles. The quantitative estimate of drug-likeness (QED) is 0.739. The Morgan fingerprint density at radius 2 is 2.06 bits per heavy atom. The third-order valence-electron chi connectivity index (χ3n) is 2.31. The van der Waals surface area contributed by atoms with Crippen LogP contribution in [0.1, 0.15) is 17.3 Å². The minimum Gasteiger partial charge on any atom is -0.295 e. The number of halogens is 1. The number of nitrogens with zero attached hydrogens (tertiary/aromatic N) is 1. The van der Waals surface area contributed by atoms with E-state index in [1.807, 2.05) is 18.2 Å². The van der Waals surface area contributed by atoms with Crippen molar-refractivity contribution in [2.75, 3.05) is 0 Å². The minimum atomic E-state index is 0.0221. The van der Waals surface area contributed by atoms with Crippen molar-refractivity contribution in [2.24, 2.45) is 0 Å². The predicted octanol–water partition coefficient (Wildman–Crippen LogP) is 3.60. The normalized spacial score (nSPS) is 10.1. The van der Waals surface area contributed by atoms with E-state index in [9.17, 15) is 4.79 Å². The summed E-state index contributed by atoms with van der Waals surface area (Å²) in [6.45, 7) is 1.53. The lowest BCUT2D eigenvalue weighted by Crippen LogP contribution is -1.93. The zero-order valence-corrected chi connectivity index (χ0v) is 9.53. The van der Waals surface area contributed by atoms with Crippen LogP contribution in [0.4, 0.5) is 0 Å². The standard InChI is InChI=1S/C13H10ClNO/c1-9(16)10-5-6-12(14)11(8-10)13-4-2-3-7-15-13/h2-8H,1H3. The van der Waals surface area contributed by atoms with Gasteiger partial charge in [-0.3, -0.25) is 9.78 Å². The van der Waals surface area contributed by atoms with E-state index < -0.39 is 0 Å². The number of pyridine rings is 1. The molecule has 1 aromatic heterocycles. The second kappa shape index (κ2) is 4.45. The highest BCUT2D eigenvalue weighted by Crippen LogP contribution is 2.27. The summed E-state index contributed by atoms with van der Waals surface area (Å²) in [6.07, 6.45) is 1.70. The van der Waals surface area contributed by atoms with Crippen molar-refractivity contribution in [1.29, 1.82) is 0 Å². The summed E-state index contributed by atoms with van der Waals surface area (Å²) in [5, 5.41) is 0.601. The van der Waals surface area contributed by atoms with Crippen LogP contribution in [0.15, 0.2) is 42.6 Å². The number of ketones is 1. The fourth-order valence-corrected chi connectivity index (χ4v) is 1.68. The fourth-order valence-electron chi connectivity index (χ4n) is 1.46. The van der Waals surface area contributed by atoms with Gasteiger partial charge in [0.05, 0.1) is 10.7 Å². The molecule has 2 nitrogen and oxygen atoms in total. The van der Waals surface area contributed by atoms with Gasteiger partial charge in [-0.1, -0.05) is 17.7 Å². The third-order valence-corrected chi connectivity index (χ3v) is 2.64. The van der Waals surface area contributed by atoms with Crippen LogP contribution in [0.25, 0.3) is 11.3 Å². The molecule has 80 valence electrons. The van der Waals surface area contributed by atoms with E-state index >= 15 is 0 Å². The molecule has 0 fully saturated rings. The molecule has 2 aromatic rings. The first-order chi connectivity index (χ1) is 7.68. The van der Waals surface area contributed by atoms with Gasteiger partial charge in [0.1, 0.15) is 0 Å². The molecule has 0 spiro atoms. The first kappa shape index (κ1) is 10.8. The van der Waals surface area contributed by atoms with Gasteiger partial charge in [-0.05, 0) is 37.3 Å². The molecule has 0 N–H and O–H groups in total. The first-order valence-corrected chi connectivity index (χ1v) is 5.28. The summed E-state index contributed by atoms with van der Waals surface area (Å²) in [5.74, 6) is 0.0221. The van der Waals surface area contributed by atoms with Crippen molar-refractivity contribution < 1.29 is 4.79 Å². The van der Waals surface area contributed by atoms with Crippen LogP contribution in [0, 0.1) is 0 Å². The number of rotatable bonds is 2. The van der Waals surface area contributed by atoms with Crippen LogP contribution < -0.4 is 0 Å². The summed E-state index contributed by atoms with van der Waals surface area (Å²) in [4.78, 5) is 15.5.